The zero-order valence-electron chi connectivity index (χ0n) is 8.52. The molecule has 13 heavy (non-hydrogen) atoms. The summed E-state index contributed by atoms with van der Waals surface area (Å²) in [4.78, 5) is 2.19. The van der Waals surface area contributed by atoms with Gasteiger partial charge in [0.15, 0.2) is 0 Å². The van der Waals surface area contributed by atoms with Crippen LogP contribution in [0.25, 0.3) is 4.72 Å². The van der Waals surface area contributed by atoms with Gasteiger partial charge in [-0.25, -0.2) is 8.42 Å². The Hall–Kier alpha value is 0.467. The number of likely N-dealkylation sites (tertiary alicyclic amines) is 1. The molecule has 0 aromatic rings. The molecule has 1 aliphatic heterocycles. The van der Waals surface area contributed by atoms with Crippen LogP contribution in [0.3, 0.4) is 0 Å². The van der Waals surface area contributed by atoms with Crippen molar-refractivity contribution in [1.29, 1.82) is 0 Å². The molecule has 0 aromatic heterocycles. The quantitative estimate of drug-likeness (QED) is 0.458. The summed E-state index contributed by atoms with van der Waals surface area (Å²) in [5.74, 6) is 0. The van der Waals surface area contributed by atoms with E-state index < -0.39 is 10.0 Å². The van der Waals surface area contributed by atoms with Crippen molar-refractivity contribution in [2.45, 2.75) is 18.9 Å². The Balaban J connectivity index is 0.00000144. The van der Waals surface area contributed by atoms with Crippen molar-refractivity contribution < 1.29 is 27.3 Å². The molecule has 1 aliphatic rings. The zero-order valence-corrected chi connectivity index (χ0v) is 9.34. The Morgan fingerprint density at radius 3 is 2.15 bits per heavy atom. The summed E-state index contributed by atoms with van der Waals surface area (Å²) in [6, 6.07) is 0.0243. The summed E-state index contributed by atoms with van der Waals surface area (Å²) in [5, 5.41) is 0. The fourth-order valence-corrected chi connectivity index (χ4v) is 2.12. The molecule has 0 bridgehead atoms. The molecule has 0 radical (unpaired) electrons. The van der Waals surface area contributed by atoms with Gasteiger partial charge < -0.3 is 9.62 Å². The second-order valence-corrected chi connectivity index (χ2v) is 5.05. The van der Waals surface area contributed by atoms with Crippen molar-refractivity contribution in [1.82, 2.24) is 4.90 Å². The number of hydrogen-bond donors (Lipinski definition) is 0. The van der Waals surface area contributed by atoms with Gasteiger partial charge in [-0.1, -0.05) is 12.8 Å². The van der Waals surface area contributed by atoms with Crippen LogP contribution in [0.1, 0.15) is 12.8 Å². The number of rotatable bonds is 2. The van der Waals surface area contributed by atoms with Gasteiger partial charge in [-0.05, 0) is 20.1 Å². The van der Waals surface area contributed by atoms with E-state index in [0.717, 1.165) is 32.2 Å². The van der Waals surface area contributed by atoms with Gasteiger partial charge in [-0.15, -0.1) is 6.04 Å². The molecule has 0 aromatic carbocycles. The summed E-state index contributed by atoms with van der Waals surface area (Å²) in [7, 11) is -1.10. The Morgan fingerprint density at radius 2 is 1.77 bits per heavy atom. The average molecular weight is 198 g/mol. The Labute approximate surface area is 92.3 Å². The first-order chi connectivity index (χ1) is 5.47. The normalized spacial score (nSPS) is 21.1. The fourth-order valence-electron chi connectivity index (χ4n) is 1.37. The third-order valence-corrected chi connectivity index (χ3v) is 2.71. The van der Waals surface area contributed by atoms with Crippen molar-refractivity contribution in [3.05, 3.63) is 4.72 Å². The van der Waals surface area contributed by atoms with Crippen LogP contribution >= 0.6 is 0 Å². The predicted octanol–water partition coefficient (Wildman–Crippen LogP) is -2.58. The van der Waals surface area contributed by atoms with Crippen LogP contribution in [-0.4, -0.2) is 45.8 Å². The second-order valence-electron chi connectivity index (χ2n) is 3.37. The number of hydrogen-bond acceptors (Lipinski definition) is 3. The summed E-state index contributed by atoms with van der Waals surface area (Å²) in [5.41, 5.74) is 0. The smallest absolute Gasteiger partial charge is 0.546 e. The fraction of sp³-hybridized carbons (Fsp3) is 1.00. The number of piperidine rings is 1. The first-order valence-electron chi connectivity index (χ1n) is 4.08. The van der Waals surface area contributed by atoms with E-state index in [0.29, 0.717) is 0 Å². The molecule has 0 amide bonds. The third-order valence-electron chi connectivity index (χ3n) is 2.03. The van der Waals surface area contributed by atoms with Gasteiger partial charge in [0.25, 0.3) is 0 Å². The minimum Gasteiger partial charge on any atom is -0.546 e. The molecule has 0 atom stereocenters. The maximum Gasteiger partial charge on any atom is 1.00 e. The van der Waals surface area contributed by atoms with Crippen molar-refractivity contribution in [2.24, 2.45) is 0 Å². The molecule has 0 aliphatic carbocycles. The molecule has 0 saturated carbocycles. The van der Waals surface area contributed by atoms with Crippen molar-refractivity contribution in [3.63, 3.8) is 0 Å². The van der Waals surface area contributed by atoms with Gasteiger partial charge in [-0.2, -0.15) is 0 Å². The second kappa shape index (κ2) is 5.37. The zero-order chi connectivity index (χ0) is 9.19. The van der Waals surface area contributed by atoms with Gasteiger partial charge in [-0.3, -0.25) is 0 Å². The standard InChI is InChI=1S/C7H15N2O2S.Li/c1-9-5-3-7(4-6-9)8-12(2,10)11;/h7H,3-6H2,1-2H3;/q-1;+1. The first kappa shape index (κ1) is 13.5. The van der Waals surface area contributed by atoms with Crippen LogP contribution in [0.2, 0.25) is 0 Å². The molecular formula is C7H15LiN2O2S. The maximum absolute atomic E-state index is 10.8. The van der Waals surface area contributed by atoms with E-state index in [1.807, 2.05) is 7.05 Å². The van der Waals surface area contributed by atoms with Crippen LogP contribution < -0.4 is 18.9 Å². The molecule has 1 rings (SSSR count). The van der Waals surface area contributed by atoms with E-state index in [1.165, 1.54) is 0 Å². The van der Waals surface area contributed by atoms with Crippen LogP contribution in [0, 0.1) is 0 Å². The molecule has 0 spiro atoms. The monoisotopic (exact) mass is 198 g/mol. The molecule has 0 N–H and O–H groups in total. The number of nitrogens with zero attached hydrogens (tertiary/aromatic N) is 2. The van der Waals surface area contributed by atoms with Crippen LogP contribution in [-0.2, 0) is 10.0 Å². The van der Waals surface area contributed by atoms with E-state index >= 15 is 0 Å². The third kappa shape index (κ3) is 5.71. The SMILES string of the molecule is CN1CCC([N-]S(C)(=O)=O)CC1.[Li+]. The van der Waals surface area contributed by atoms with E-state index in [2.05, 4.69) is 9.62 Å². The summed E-state index contributed by atoms with van der Waals surface area (Å²) < 4.78 is 25.3. The maximum atomic E-state index is 10.8. The van der Waals surface area contributed by atoms with Gasteiger partial charge >= 0.3 is 18.9 Å². The topological polar surface area (TPSA) is 51.5 Å². The molecule has 6 heteroatoms. The Morgan fingerprint density at radius 1 is 1.31 bits per heavy atom. The van der Waals surface area contributed by atoms with Gasteiger partial charge in [0, 0.05) is 6.26 Å². The van der Waals surface area contributed by atoms with Crippen molar-refractivity contribution >= 4 is 10.0 Å². The van der Waals surface area contributed by atoms with E-state index in [4.69, 9.17) is 0 Å². The molecule has 4 nitrogen and oxygen atoms in total. The van der Waals surface area contributed by atoms with Crippen molar-refractivity contribution in [3.8, 4) is 0 Å². The summed E-state index contributed by atoms with van der Waals surface area (Å²) >= 11 is 0. The molecule has 72 valence electrons. The van der Waals surface area contributed by atoms with Crippen LogP contribution in [0.15, 0.2) is 0 Å². The first-order valence-corrected chi connectivity index (χ1v) is 5.93. The van der Waals surface area contributed by atoms with E-state index in [9.17, 15) is 8.42 Å². The summed E-state index contributed by atoms with van der Waals surface area (Å²) in [6.07, 6.45) is 2.89. The van der Waals surface area contributed by atoms with Gasteiger partial charge in [0.1, 0.15) is 0 Å². The molecular weight excluding hydrogens is 183 g/mol. The minimum absolute atomic E-state index is 0. The number of sulfonamides is 1. The van der Waals surface area contributed by atoms with Gasteiger partial charge in [0.05, 0.1) is 10.0 Å². The molecule has 1 heterocycles. The Bertz CT molecular complexity index is 235. The minimum atomic E-state index is -3.13. The van der Waals surface area contributed by atoms with E-state index in [-0.39, 0.29) is 24.9 Å². The molecule has 1 saturated heterocycles. The largest absolute Gasteiger partial charge is 1.00 e. The molecule has 1 fully saturated rings. The van der Waals surface area contributed by atoms with Crippen LogP contribution in [0.4, 0.5) is 0 Å². The summed E-state index contributed by atoms with van der Waals surface area (Å²) in [6.45, 7) is 1.90. The van der Waals surface area contributed by atoms with Crippen LogP contribution in [0.5, 0.6) is 0 Å². The average Bonchev–Trinajstić information content (AvgIpc) is 1.91. The predicted molar refractivity (Wildman–Crippen MR) is 48.7 cm³/mol. The molecule has 0 unspecified atom stereocenters. The Kier molecular flexibility index (Phi) is 5.57. The van der Waals surface area contributed by atoms with Crippen molar-refractivity contribution in [2.75, 3.05) is 26.4 Å². The van der Waals surface area contributed by atoms with E-state index in [1.54, 1.807) is 0 Å². The van der Waals surface area contributed by atoms with Gasteiger partial charge in [0.2, 0.25) is 0 Å².